The minimum atomic E-state index is 0.651. The monoisotopic (exact) mass is 249 g/mol. The first kappa shape index (κ1) is 15.7. The molecule has 0 aromatic heterocycles. The molecule has 92 valence electrons. The second kappa shape index (κ2) is 9.86. The average molecular weight is 249 g/mol. The first-order valence-corrected chi connectivity index (χ1v) is 8.41. The lowest BCUT2D eigenvalue weighted by molar-refractivity contribution is 0.514. The quantitative estimate of drug-likeness (QED) is 0.673. The summed E-state index contributed by atoms with van der Waals surface area (Å²) in [7, 11) is 0. The van der Waals surface area contributed by atoms with Gasteiger partial charge < -0.3 is 5.32 Å². The Morgan fingerprint density at radius 3 is 2.20 bits per heavy atom. The van der Waals surface area contributed by atoms with Crippen LogP contribution in [0.5, 0.6) is 0 Å². The predicted octanol–water partition coefficient (Wildman–Crippen LogP) is 3.35. The van der Waals surface area contributed by atoms with E-state index in [-0.39, 0.29) is 0 Å². The molecule has 0 rings (SSSR count). The summed E-state index contributed by atoms with van der Waals surface area (Å²) >= 11 is 4.00. The number of hydrogen-bond donors (Lipinski definition) is 1. The van der Waals surface area contributed by atoms with Gasteiger partial charge in [-0.25, -0.2) is 0 Å². The third-order valence-corrected chi connectivity index (χ3v) is 4.63. The molecule has 0 aliphatic heterocycles. The van der Waals surface area contributed by atoms with Gasteiger partial charge in [-0.05, 0) is 43.1 Å². The Morgan fingerprint density at radius 2 is 1.67 bits per heavy atom. The molecule has 0 spiro atoms. The van der Waals surface area contributed by atoms with Crippen LogP contribution in [0, 0.1) is 11.8 Å². The molecular weight excluding hydrogens is 222 g/mol. The molecule has 0 heterocycles. The van der Waals surface area contributed by atoms with Crippen LogP contribution in [0.4, 0.5) is 0 Å². The number of hydrogen-bond acceptors (Lipinski definition) is 3. The molecule has 2 unspecified atom stereocenters. The lowest BCUT2D eigenvalue weighted by Crippen LogP contribution is -2.33. The molecule has 3 heteroatoms. The van der Waals surface area contributed by atoms with Gasteiger partial charge in [0.05, 0.1) is 0 Å². The van der Waals surface area contributed by atoms with Crippen LogP contribution in [0.1, 0.15) is 27.7 Å². The van der Waals surface area contributed by atoms with Crippen LogP contribution in [-0.2, 0) is 0 Å². The van der Waals surface area contributed by atoms with E-state index in [2.05, 4.69) is 51.0 Å². The van der Waals surface area contributed by atoms with Crippen molar-refractivity contribution in [3.05, 3.63) is 0 Å². The van der Waals surface area contributed by atoms with Gasteiger partial charge in [0.2, 0.25) is 0 Å². The van der Waals surface area contributed by atoms with Crippen molar-refractivity contribution in [2.75, 3.05) is 30.1 Å². The smallest absolute Gasteiger partial charge is 0.0130 e. The topological polar surface area (TPSA) is 12.0 Å². The molecule has 0 saturated heterocycles. The number of nitrogens with one attached hydrogen (secondary N) is 1. The average Bonchev–Trinajstić information content (AvgIpc) is 2.14. The molecule has 15 heavy (non-hydrogen) atoms. The maximum Gasteiger partial charge on any atom is 0.0130 e. The van der Waals surface area contributed by atoms with Gasteiger partial charge in [-0.15, -0.1) is 0 Å². The van der Waals surface area contributed by atoms with Crippen molar-refractivity contribution in [2.45, 2.75) is 33.7 Å². The highest BCUT2D eigenvalue weighted by Gasteiger charge is 2.05. The maximum atomic E-state index is 3.61. The van der Waals surface area contributed by atoms with Crippen molar-refractivity contribution in [3.8, 4) is 0 Å². The molecule has 2 atom stereocenters. The van der Waals surface area contributed by atoms with Gasteiger partial charge in [-0.3, -0.25) is 0 Å². The van der Waals surface area contributed by atoms with Crippen molar-refractivity contribution in [1.29, 1.82) is 0 Å². The van der Waals surface area contributed by atoms with Crippen LogP contribution in [0.25, 0.3) is 0 Å². The molecule has 0 fully saturated rings. The normalized spacial score (nSPS) is 15.6. The molecule has 0 radical (unpaired) electrons. The van der Waals surface area contributed by atoms with E-state index in [0.29, 0.717) is 6.04 Å². The summed E-state index contributed by atoms with van der Waals surface area (Å²) in [6, 6.07) is 0.651. The van der Waals surface area contributed by atoms with E-state index in [0.717, 1.165) is 18.4 Å². The first-order valence-electron chi connectivity index (χ1n) is 5.86. The Morgan fingerprint density at radius 1 is 1.00 bits per heavy atom. The highest BCUT2D eigenvalue weighted by molar-refractivity contribution is 7.99. The highest BCUT2D eigenvalue weighted by Crippen LogP contribution is 2.09. The molecule has 0 aromatic carbocycles. The summed E-state index contributed by atoms with van der Waals surface area (Å²) < 4.78 is 0. The fourth-order valence-corrected chi connectivity index (χ4v) is 3.05. The summed E-state index contributed by atoms with van der Waals surface area (Å²) in [6.45, 7) is 10.3. The molecule has 0 aliphatic carbocycles. The van der Waals surface area contributed by atoms with Crippen LogP contribution >= 0.6 is 23.5 Å². The lowest BCUT2D eigenvalue weighted by Gasteiger charge is -2.17. The van der Waals surface area contributed by atoms with E-state index in [1.54, 1.807) is 0 Å². The fourth-order valence-electron chi connectivity index (χ4n) is 1.29. The molecule has 1 nitrogen and oxygen atoms in total. The summed E-state index contributed by atoms with van der Waals surface area (Å²) in [5.41, 5.74) is 0. The molecule has 1 N–H and O–H groups in total. The van der Waals surface area contributed by atoms with Crippen LogP contribution in [-0.4, -0.2) is 36.1 Å². The zero-order chi connectivity index (χ0) is 11.7. The Kier molecular flexibility index (Phi) is 10.3. The van der Waals surface area contributed by atoms with Crippen molar-refractivity contribution in [1.82, 2.24) is 5.32 Å². The van der Waals surface area contributed by atoms with Gasteiger partial charge in [0.15, 0.2) is 0 Å². The minimum absolute atomic E-state index is 0.651. The molecule has 0 amide bonds. The maximum absolute atomic E-state index is 3.61. The summed E-state index contributed by atoms with van der Waals surface area (Å²) in [5, 5.41) is 3.61. The minimum Gasteiger partial charge on any atom is -0.313 e. The Hall–Kier alpha value is 0.660. The number of thioether (sulfide) groups is 2. The molecule has 0 aliphatic rings. The number of rotatable bonds is 9. The molecule has 0 bridgehead atoms. The van der Waals surface area contributed by atoms with E-state index < -0.39 is 0 Å². The third kappa shape index (κ3) is 10.9. The van der Waals surface area contributed by atoms with Crippen LogP contribution in [0.3, 0.4) is 0 Å². The third-order valence-electron chi connectivity index (χ3n) is 2.08. The summed E-state index contributed by atoms with van der Waals surface area (Å²) in [5.74, 6) is 5.39. The zero-order valence-corrected chi connectivity index (χ0v) is 12.5. The van der Waals surface area contributed by atoms with Crippen LogP contribution in [0.2, 0.25) is 0 Å². The van der Waals surface area contributed by atoms with Gasteiger partial charge in [-0.2, -0.15) is 23.5 Å². The van der Waals surface area contributed by atoms with E-state index in [1.807, 2.05) is 11.8 Å². The molecule has 0 aromatic rings. The standard InChI is InChI=1S/C12H27NS2/c1-10(2)7-15-9-12(4)13-6-11(3)8-14-5/h10-13H,6-9H2,1-5H3. The van der Waals surface area contributed by atoms with Crippen molar-refractivity contribution < 1.29 is 0 Å². The second-order valence-corrected chi connectivity index (χ2v) is 6.79. The van der Waals surface area contributed by atoms with Gasteiger partial charge in [0.1, 0.15) is 0 Å². The van der Waals surface area contributed by atoms with Gasteiger partial charge in [0.25, 0.3) is 0 Å². The Bertz CT molecular complexity index is 140. The van der Waals surface area contributed by atoms with Gasteiger partial charge >= 0.3 is 0 Å². The Balaban J connectivity index is 3.36. The van der Waals surface area contributed by atoms with E-state index in [4.69, 9.17) is 0 Å². The van der Waals surface area contributed by atoms with E-state index >= 15 is 0 Å². The van der Waals surface area contributed by atoms with Crippen molar-refractivity contribution >= 4 is 23.5 Å². The SMILES string of the molecule is CSCC(C)CNC(C)CSCC(C)C. The van der Waals surface area contributed by atoms with Gasteiger partial charge in [-0.1, -0.05) is 20.8 Å². The van der Waals surface area contributed by atoms with E-state index in [9.17, 15) is 0 Å². The van der Waals surface area contributed by atoms with Gasteiger partial charge in [0, 0.05) is 11.8 Å². The summed E-state index contributed by atoms with van der Waals surface area (Å²) in [4.78, 5) is 0. The summed E-state index contributed by atoms with van der Waals surface area (Å²) in [6.07, 6.45) is 2.18. The molecular formula is C12H27NS2. The van der Waals surface area contributed by atoms with Crippen molar-refractivity contribution in [3.63, 3.8) is 0 Å². The predicted molar refractivity (Wildman–Crippen MR) is 77.2 cm³/mol. The lowest BCUT2D eigenvalue weighted by atomic mass is 10.2. The zero-order valence-electron chi connectivity index (χ0n) is 10.9. The van der Waals surface area contributed by atoms with Crippen LogP contribution in [0.15, 0.2) is 0 Å². The highest BCUT2D eigenvalue weighted by atomic mass is 32.2. The largest absolute Gasteiger partial charge is 0.313 e. The first-order chi connectivity index (χ1) is 7.06. The second-order valence-electron chi connectivity index (χ2n) is 4.80. The van der Waals surface area contributed by atoms with E-state index in [1.165, 1.54) is 17.3 Å². The Labute approximate surface area is 105 Å². The van der Waals surface area contributed by atoms with Crippen molar-refractivity contribution in [2.24, 2.45) is 11.8 Å². The van der Waals surface area contributed by atoms with Crippen LogP contribution < -0.4 is 5.32 Å². The fraction of sp³-hybridized carbons (Fsp3) is 1.00. The molecule has 0 saturated carbocycles.